The van der Waals surface area contributed by atoms with Gasteiger partial charge >= 0.3 is 0 Å². The third-order valence-electron chi connectivity index (χ3n) is 5.61. The van der Waals surface area contributed by atoms with Crippen LogP contribution in [-0.4, -0.2) is 40.1 Å². The van der Waals surface area contributed by atoms with E-state index in [2.05, 4.69) is 5.32 Å². The Kier molecular flexibility index (Phi) is 9.57. The second kappa shape index (κ2) is 12.8. The smallest absolute Gasteiger partial charge is 0.121 e. The maximum absolute atomic E-state index is 10.3. The predicted molar refractivity (Wildman–Crippen MR) is 129 cm³/mol. The Bertz CT molecular complexity index is 990. The van der Waals surface area contributed by atoms with Gasteiger partial charge < -0.3 is 30.5 Å². The lowest BCUT2D eigenvalue weighted by atomic mass is 10.1. The van der Waals surface area contributed by atoms with Gasteiger partial charge in [-0.3, -0.25) is 0 Å². The van der Waals surface area contributed by atoms with Crippen molar-refractivity contribution in [1.29, 1.82) is 0 Å². The lowest BCUT2D eigenvalue weighted by Crippen LogP contribution is -2.23. The van der Waals surface area contributed by atoms with Crippen molar-refractivity contribution < 1.29 is 25.2 Å². The van der Waals surface area contributed by atoms with Gasteiger partial charge in [0.05, 0.1) is 19.3 Å². The van der Waals surface area contributed by atoms with Crippen LogP contribution in [0.4, 0.5) is 0 Å². The quantitative estimate of drug-likeness (QED) is 0.253. The van der Waals surface area contributed by atoms with Crippen molar-refractivity contribution in [2.75, 3.05) is 19.7 Å². The molecule has 33 heavy (non-hydrogen) atoms. The Hall–Kier alpha value is -3.06. The standard InChI is InChI=1S/C27H33NO5/c29-19-23-17-22(10-13-26(23)31)27(32)18-28-15-14-20-8-11-24(12-9-20)33-16-4-3-6-21-5-1-2-7-25(21)30/h1-2,5,7-13,17,27-32H,3-4,6,14-16,18-19H2. The van der Waals surface area contributed by atoms with Crippen LogP contribution >= 0.6 is 0 Å². The molecule has 0 aliphatic heterocycles. The van der Waals surface area contributed by atoms with Crippen molar-refractivity contribution in [3.63, 3.8) is 0 Å². The van der Waals surface area contributed by atoms with E-state index in [9.17, 15) is 20.4 Å². The number of hydrogen-bond donors (Lipinski definition) is 5. The number of aryl methyl sites for hydroxylation is 1. The molecule has 0 aromatic heterocycles. The van der Waals surface area contributed by atoms with Gasteiger partial charge in [0.2, 0.25) is 0 Å². The van der Waals surface area contributed by atoms with E-state index in [1.807, 2.05) is 42.5 Å². The van der Waals surface area contributed by atoms with Crippen molar-refractivity contribution >= 4 is 0 Å². The van der Waals surface area contributed by atoms with E-state index in [0.717, 1.165) is 37.0 Å². The van der Waals surface area contributed by atoms with Gasteiger partial charge in [0, 0.05) is 12.1 Å². The summed E-state index contributed by atoms with van der Waals surface area (Å²) in [6.45, 7) is 1.48. The molecule has 0 saturated carbocycles. The van der Waals surface area contributed by atoms with Gasteiger partial charge in [-0.1, -0.05) is 36.4 Å². The van der Waals surface area contributed by atoms with Crippen LogP contribution in [0.2, 0.25) is 0 Å². The maximum Gasteiger partial charge on any atom is 0.121 e. The van der Waals surface area contributed by atoms with Gasteiger partial charge in [-0.2, -0.15) is 0 Å². The fraction of sp³-hybridized carbons (Fsp3) is 0.333. The minimum atomic E-state index is -0.711. The molecule has 0 amide bonds. The number of nitrogens with one attached hydrogen (secondary N) is 1. The van der Waals surface area contributed by atoms with E-state index >= 15 is 0 Å². The number of aliphatic hydroxyl groups is 2. The molecule has 0 fully saturated rings. The zero-order valence-electron chi connectivity index (χ0n) is 18.8. The SMILES string of the molecule is OCc1cc(C(O)CNCCc2ccc(OCCCCc3ccccc3O)cc2)ccc1O. The van der Waals surface area contributed by atoms with E-state index in [4.69, 9.17) is 4.74 Å². The normalized spacial score (nSPS) is 11.9. The zero-order chi connectivity index (χ0) is 23.5. The molecule has 0 radical (unpaired) electrons. The molecule has 1 unspecified atom stereocenters. The Morgan fingerprint density at radius 1 is 0.818 bits per heavy atom. The summed E-state index contributed by atoms with van der Waals surface area (Å²) < 4.78 is 5.82. The minimum Gasteiger partial charge on any atom is -0.508 e. The number of benzene rings is 3. The summed E-state index contributed by atoms with van der Waals surface area (Å²) >= 11 is 0. The number of aromatic hydroxyl groups is 2. The maximum atomic E-state index is 10.3. The number of unbranched alkanes of at least 4 members (excludes halogenated alkanes) is 1. The Labute approximate surface area is 195 Å². The van der Waals surface area contributed by atoms with Crippen molar-refractivity contribution in [3.05, 3.63) is 89.0 Å². The number of hydrogen-bond acceptors (Lipinski definition) is 6. The predicted octanol–water partition coefficient (Wildman–Crippen LogP) is 3.86. The monoisotopic (exact) mass is 451 g/mol. The molecule has 0 saturated heterocycles. The van der Waals surface area contributed by atoms with Crippen molar-refractivity contribution in [2.45, 2.75) is 38.4 Å². The molecule has 6 heteroatoms. The molecule has 0 aliphatic carbocycles. The molecule has 3 aromatic carbocycles. The first-order valence-corrected chi connectivity index (χ1v) is 11.4. The van der Waals surface area contributed by atoms with Gasteiger partial charge in [-0.15, -0.1) is 0 Å². The van der Waals surface area contributed by atoms with Crippen LogP contribution < -0.4 is 10.1 Å². The third-order valence-corrected chi connectivity index (χ3v) is 5.61. The van der Waals surface area contributed by atoms with Gasteiger partial charge in [0.1, 0.15) is 17.2 Å². The summed E-state index contributed by atoms with van der Waals surface area (Å²) in [5.41, 5.74) is 3.22. The highest BCUT2D eigenvalue weighted by Gasteiger charge is 2.10. The van der Waals surface area contributed by atoms with E-state index < -0.39 is 6.10 Å². The Morgan fingerprint density at radius 3 is 2.33 bits per heavy atom. The second-order valence-corrected chi connectivity index (χ2v) is 8.09. The third kappa shape index (κ3) is 7.79. The molecule has 0 spiro atoms. The summed E-state index contributed by atoms with van der Waals surface area (Å²) in [4.78, 5) is 0. The summed E-state index contributed by atoms with van der Waals surface area (Å²) in [6, 6.07) is 20.2. The second-order valence-electron chi connectivity index (χ2n) is 8.09. The summed E-state index contributed by atoms with van der Waals surface area (Å²) in [6.07, 6.45) is 2.83. The van der Waals surface area contributed by atoms with Crippen LogP contribution in [0.5, 0.6) is 17.2 Å². The van der Waals surface area contributed by atoms with Gasteiger partial charge in [-0.25, -0.2) is 0 Å². The van der Waals surface area contributed by atoms with Crippen LogP contribution in [0, 0.1) is 0 Å². The number of ether oxygens (including phenoxy) is 1. The molecule has 3 rings (SSSR count). The highest BCUT2D eigenvalue weighted by atomic mass is 16.5. The Balaban J connectivity index is 1.31. The summed E-state index contributed by atoms with van der Waals surface area (Å²) in [7, 11) is 0. The molecule has 0 heterocycles. The molecule has 6 nitrogen and oxygen atoms in total. The number of phenols is 2. The van der Waals surface area contributed by atoms with Crippen LogP contribution in [0.25, 0.3) is 0 Å². The first-order valence-electron chi connectivity index (χ1n) is 11.4. The lowest BCUT2D eigenvalue weighted by Gasteiger charge is -2.14. The van der Waals surface area contributed by atoms with Crippen molar-refractivity contribution in [1.82, 2.24) is 5.32 Å². The van der Waals surface area contributed by atoms with E-state index in [1.165, 1.54) is 11.6 Å². The molecule has 5 N–H and O–H groups in total. The zero-order valence-corrected chi connectivity index (χ0v) is 18.8. The van der Waals surface area contributed by atoms with Crippen molar-refractivity contribution in [3.8, 4) is 17.2 Å². The molecule has 1 atom stereocenters. The highest BCUT2D eigenvalue weighted by molar-refractivity contribution is 5.36. The van der Waals surface area contributed by atoms with Gasteiger partial charge in [0.15, 0.2) is 0 Å². The van der Waals surface area contributed by atoms with E-state index in [-0.39, 0.29) is 12.4 Å². The highest BCUT2D eigenvalue weighted by Crippen LogP contribution is 2.22. The Morgan fingerprint density at radius 2 is 1.58 bits per heavy atom. The van der Waals surface area contributed by atoms with E-state index in [0.29, 0.717) is 36.6 Å². The lowest BCUT2D eigenvalue weighted by molar-refractivity contribution is 0.174. The summed E-state index contributed by atoms with van der Waals surface area (Å²) in [5, 5.41) is 42.2. The molecular formula is C27H33NO5. The van der Waals surface area contributed by atoms with Gasteiger partial charge in [0.25, 0.3) is 0 Å². The fourth-order valence-electron chi connectivity index (χ4n) is 3.61. The largest absolute Gasteiger partial charge is 0.508 e. The first kappa shape index (κ1) is 24.6. The van der Waals surface area contributed by atoms with Crippen LogP contribution in [0.3, 0.4) is 0 Å². The number of para-hydroxylation sites is 1. The van der Waals surface area contributed by atoms with Crippen LogP contribution in [-0.2, 0) is 19.4 Å². The molecular weight excluding hydrogens is 418 g/mol. The average molecular weight is 452 g/mol. The van der Waals surface area contributed by atoms with Gasteiger partial charge in [-0.05, 0) is 79.3 Å². The number of aliphatic hydroxyl groups excluding tert-OH is 2. The number of rotatable bonds is 13. The van der Waals surface area contributed by atoms with E-state index in [1.54, 1.807) is 18.2 Å². The van der Waals surface area contributed by atoms with Crippen LogP contribution in [0.1, 0.15) is 41.2 Å². The minimum absolute atomic E-state index is 0.0290. The summed E-state index contributed by atoms with van der Waals surface area (Å²) in [5.74, 6) is 1.23. The van der Waals surface area contributed by atoms with Crippen molar-refractivity contribution in [2.24, 2.45) is 0 Å². The first-order chi connectivity index (χ1) is 16.1. The number of phenolic OH excluding ortho intramolecular Hbond substituents is 1. The fourth-order valence-corrected chi connectivity index (χ4v) is 3.61. The average Bonchev–Trinajstić information content (AvgIpc) is 2.83. The molecule has 0 aliphatic rings. The molecule has 3 aromatic rings. The van der Waals surface area contributed by atoms with Crippen LogP contribution in [0.15, 0.2) is 66.7 Å². The molecule has 176 valence electrons. The molecule has 0 bridgehead atoms. The topological polar surface area (TPSA) is 102 Å².